The maximum atomic E-state index is 12.7. The van der Waals surface area contributed by atoms with Crippen LogP contribution in [0, 0.1) is 5.92 Å². The lowest BCUT2D eigenvalue weighted by molar-refractivity contribution is -0.122. The van der Waals surface area contributed by atoms with Gasteiger partial charge in [-0.15, -0.1) is 0 Å². The van der Waals surface area contributed by atoms with Crippen molar-refractivity contribution in [3.05, 3.63) is 65.3 Å². The highest BCUT2D eigenvalue weighted by molar-refractivity contribution is 9.10. The monoisotopic (exact) mass is 409 g/mol. The predicted octanol–water partition coefficient (Wildman–Crippen LogP) is 3.99. The Bertz CT molecular complexity index is 1000. The fraction of sp³-hybridized carbons (Fsp3) is 0.150. The number of benzene rings is 2. The second-order valence-corrected chi connectivity index (χ2v) is 7.17. The van der Waals surface area contributed by atoms with Crippen LogP contribution >= 0.6 is 15.9 Å². The van der Waals surface area contributed by atoms with Crippen molar-refractivity contribution in [3.63, 3.8) is 0 Å². The Hall–Kier alpha value is -2.73. The van der Waals surface area contributed by atoms with Crippen LogP contribution in [0.15, 0.2) is 65.3 Å². The van der Waals surface area contributed by atoms with Crippen LogP contribution in [0.2, 0.25) is 0 Å². The minimum absolute atomic E-state index is 0.0390. The summed E-state index contributed by atoms with van der Waals surface area (Å²) in [6, 6.07) is 16.9. The molecule has 2 aromatic carbocycles. The van der Waals surface area contributed by atoms with Gasteiger partial charge in [0.1, 0.15) is 0 Å². The van der Waals surface area contributed by atoms with Crippen molar-refractivity contribution in [2.24, 2.45) is 5.92 Å². The molecule has 130 valence electrons. The molecule has 0 bridgehead atoms. The van der Waals surface area contributed by atoms with Gasteiger partial charge in [0.25, 0.3) is 0 Å². The van der Waals surface area contributed by atoms with Gasteiger partial charge in [-0.1, -0.05) is 28.1 Å². The average molecular weight is 410 g/mol. The van der Waals surface area contributed by atoms with Crippen LogP contribution in [0.4, 0.5) is 11.4 Å². The number of aromatic nitrogens is 1. The van der Waals surface area contributed by atoms with Gasteiger partial charge in [-0.25, -0.2) is 0 Å². The number of amides is 2. The van der Waals surface area contributed by atoms with E-state index in [1.165, 1.54) is 0 Å². The molecule has 4 rings (SSSR count). The highest BCUT2D eigenvalue weighted by Crippen LogP contribution is 2.29. The molecule has 2 heterocycles. The molecule has 0 aliphatic carbocycles. The summed E-state index contributed by atoms with van der Waals surface area (Å²) in [6.07, 6.45) is 1.93. The first-order valence-electron chi connectivity index (χ1n) is 8.32. The van der Waals surface area contributed by atoms with Crippen molar-refractivity contribution in [2.45, 2.75) is 6.42 Å². The largest absolute Gasteiger partial charge is 0.325 e. The van der Waals surface area contributed by atoms with E-state index in [9.17, 15) is 9.59 Å². The number of carbonyl (C=O) groups is 2. The first kappa shape index (κ1) is 16.7. The van der Waals surface area contributed by atoms with Crippen LogP contribution < -0.4 is 10.2 Å². The molecular formula is C20H16BrN3O2. The molecule has 1 N–H and O–H groups in total. The zero-order valence-corrected chi connectivity index (χ0v) is 15.4. The van der Waals surface area contributed by atoms with Gasteiger partial charge in [-0.3, -0.25) is 14.6 Å². The third-order valence-corrected chi connectivity index (χ3v) is 5.01. The maximum Gasteiger partial charge on any atom is 0.229 e. The topological polar surface area (TPSA) is 62.3 Å². The van der Waals surface area contributed by atoms with Gasteiger partial charge in [0, 0.05) is 34.7 Å². The van der Waals surface area contributed by atoms with E-state index < -0.39 is 0 Å². The van der Waals surface area contributed by atoms with E-state index in [0.29, 0.717) is 12.2 Å². The van der Waals surface area contributed by atoms with E-state index in [2.05, 4.69) is 26.2 Å². The van der Waals surface area contributed by atoms with Gasteiger partial charge in [0.2, 0.25) is 11.8 Å². The zero-order chi connectivity index (χ0) is 18.1. The second kappa shape index (κ2) is 6.88. The number of nitrogens with one attached hydrogen (secondary N) is 1. The highest BCUT2D eigenvalue weighted by atomic mass is 79.9. The van der Waals surface area contributed by atoms with E-state index in [1.54, 1.807) is 11.1 Å². The van der Waals surface area contributed by atoms with Gasteiger partial charge in [0.05, 0.1) is 17.1 Å². The molecule has 0 spiro atoms. The minimum atomic E-state index is -0.381. The molecule has 2 amide bonds. The zero-order valence-electron chi connectivity index (χ0n) is 13.9. The van der Waals surface area contributed by atoms with Gasteiger partial charge < -0.3 is 10.2 Å². The van der Waals surface area contributed by atoms with Gasteiger partial charge >= 0.3 is 0 Å². The molecule has 1 aliphatic rings. The van der Waals surface area contributed by atoms with Crippen molar-refractivity contribution < 1.29 is 9.59 Å². The molecule has 0 radical (unpaired) electrons. The number of rotatable bonds is 3. The number of hydrogen-bond acceptors (Lipinski definition) is 3. The summed E-state index contributed by atoms with van der Waals surface area (Å²) < 4.78 is 0.902. The van der Waals surface area contributed by atoms with Crippen LogP contribution in [-0.4, -0.2) is 23.3 Å². The van der Waals surface area contributed by atoms with E-state index in [1.807, 2.05) is 54.6 Å². The summed E-state index contributed by atoms with van der Waals surface area (Å²) in [5.74, 6) is -0.566. The van der Waals surface area contributed by atoms with Gasteiger partial charge in [-0.05, 0) is 42.5 Å². The first-order chi connectivity index (χ1) is 12.6. The number of hydrogen-bond donors (Lipinski definition) is 1. The predicted molar refractivity (Wildman–Crippen MR) is 105 cm³/mol. The second-order valence-electron chi connectivity index (χ2n) is 6.25. The summed E-state index contributed by atoms with van der Waals surface area (Å²) in [4.78, 5) is 31.1. The van der Waals surface area contributed by atoms with Gasteiger partial charge in [-0.2, -0.15) is 0 Å². The van der Waals surface area contributed by atoms with Crippen LogP contribution in [-0.2, 0) is 9.59 Å². The highest BCUT2D eigenvalue weighted by Gasteiger charge is 2.35. The molecule has 1 fully saturated rings. The standard InChI is InChI=1S/C20H16BrN3O2/c21-14-4-1-5-15(11-14)24-12-13(10-19(24)25)20(26)23-18-8-2-7-17-16(18)6-3-9-22-17/h1-9,11,13H,10,12H2,(H,23,26). The minimum Gasteiger partial charge on any atom is -0.325 e. The first-order valence-corrected chi connectivity index (χ1v) is 9.11. The number of nitrogens with zero attached hydrogens (tertiary/aromatic N) is 2. The summed E-state index contributed by atoms with van der Waals surface area (Å²) in [5.41, 5.74) is 2.34. The summed E-state index contributed by atoms with van der Waals surface area (Å²) in [5, 5.41) is 3.85. The van der Waals surface area contributed by atoms with Crippen molar-refractivity contribution in [1.29, 1.82) is 0 Å². The normalized spacial score (nSPS) is 16.9. The van der Waals surface area contributed by atoms with Gasteiger partial charge in [0.15, 0.2) is 0 Å². The molecule has 1 unspecified atom stereocenters. The molecule has 26 heavy (non-hydrogen) atoms. The molecule has 1 aromatic heterocycles. The third-order valence-electron chi connectivity index (χ3n) is 4.52. The maximum absolute atomic E-state index is 12.7. The van der Waals surface area contributed by atoms with E-state index in [-0.39, 0.29) is 24.2 Å². The smallest absolute Gasteiger partial charge is 0.229 e. The Labute approximate surface area is 159 Å². The molecule has 6 heteroatoms. The molecule has 1 saturated heterocycles. The van der Waals surface area contributed by atoms with Crippen LogP contribution in [0.3, 0.4) is 0 Å². The third kappa shape index (κ3) is 3.20. The fourth-order valence-electron chi connectivity index (χ4n) is 3.22. The molecular weight excluding hydrogens is 394 g/mol. The van der Waals surface area contributed by atoms with Crippen LogP contribution in [0.1, 0.15) is 6.42 Å². The number of anilines is 2. The van der Waals surface area contributed by atoms with Crippen molar-refractivity contribution in [3.8, 4) is 0 Å². The number of fused-ring (bicyclic) bond motifs is 1. The Morgan fingerprint density at radius 1 is 1.15 bits per heavy atom. The Kier molecular flexibility index (Phi) is 4.42. The summed E-state index contributed by atoms with van der Waals surface area (Å²) in [6.45, 7) is 0.379. The van der Waals surface area contributed by atoms with Crippen molar-refractivity contribution in [1.82, 2.24) is 4.98 Å². The van der Waals surface area contributed by atoms with E-state index >= 15 is 0 Å². The SMILES string of the molecule is O=C(Nc1cccc2ncccc12)C1CC(=O)N(c2cccc(Br)c2)C1. The number of carbonyl (C=O) groups excluding carboxylic acids is 2. The quantitative estimate of drug-likeness (QED) is 0.711. The Balaban J connectivity index is 1.53. The fourth-order valence-corrected chi connectivity index (χ4v) is 3.61. The molecule has 1 aliphatic heterocycles. The van der Waals surface area contributed by atoms with Crippen LogP contribution in [0.5, 0.6) is 0 Å². The number of pyridine rings is 1. The van der Waals surface area contributed by atoms with E-state index in [0.717, 1.165) is 21.1 Å². The Morgan fingerprint density at radius 2 is 2.00 bits per heavy atom. The lowest BCUT2D eigenvalue weighted by Gasteiger charge is -2.17. The number of halogens is 1. The molecule has 5 nitrogen and oxygen atoms in total. The lowest BCUT2D eigenvalue weighted by atomic mass is 10.1. The lowest BCUT2D eigenvalue weighted by Crippen LogP contribution is -2.28. The molecule has 0 saturated carbocycles. The summed E-state index contributed by atoms with van der Waals surface area (Å²) >= 11 is 3.42. The van der Waals surface area contributed by atoms with E-state index in [4.69, 9.17) is 0 Å². The Morgan fingerprint density at radius 3 is 2.85 bits per heavy atom. The average Bonchev–Trinajstić information content (AvgIpc) is 3.04. The molecule has 3 aromatic rings. The summed E-state index contributed by atoms with van der Waals surface area (Å²) in [7, 11) is 0. The molecule has 1 atom stereocenters. The van der Waals surface area contributed by atoms with Crippen LogP contribution in [0.25, 0.3) is 10.9 Å². The van der Waals surface area contributed by atoms with Crippen molar-refractivity contribution >= 4 is 50.0 Å². The van der Waals surface area contributed by atoms with Crippen molar-refractivity contribution in [2.75, 3.05) is 16.8 Å².